The van der Waals surface area contributed by atoms with Crippen LogP contribution in [0.5, 0.6) is 0 Å². The molecule has 0 aliphatic heterocycles. The van der Waals surface area contributed by atoms with Gasteiger partial charge in [-0.1, -0.05) is 44.9 Å². The molecule has 0 saturated heterocycles. The highest BCUT2D eigenvalue weighted by atomic mass is 16.1. The third kappa shape index (κ3) is 2.97. The fraction of sp³-hybridized carbons (Fsp3) is 0.500. The maximum Gasteiger partial charge on any atom is 0.224 e. The molecule has 112 valence electrons. The second-order valence-electron chi connectivity index (χ2n) is 6.48. The molecule has 2 aromatic rings. The van der Waals surface area contributed by atoms with Crippen LogP contribution >= 0.6 is 0 Å². The molecule has 1 saturated carbocycles. The van der Waals surface area contributed by atoms with Gasteiger partial charge in [-0.25, -0.2) is 0 Å². The van der Waals surface area contributed by atoms with Crippen LogP contribution in [0, 0.1) is 11.8 Å². The van der Waals surface area contributed by atoms with Crippen molar-refractivity contribution in [3.8, 4) is 0 Å². The molecule has 3 nitrogen and oxygen atoms in total. The molecule has 0 bridgehead atoms. The third-order valence-corrected chi connectivity index (χ3v) is 5.08. The van der Waals surface area contributed by atoms with Gasteiger partial charge in [-0.2, -0.15) is 0 Å². The number of amides is 1. The predicted octanol–water partition coefficient (Wildman–Crippen LogP) is 3.65. The number of hydrogen-bond acceptors (Lipinski definition) is 1. The minimum Gasteiger partial charge on any atom is -0.361 e. The standard InChI is InChI=1S/C18H24N2O/c1-12-6-5-9-16(13(12)2)20-18(21)10-14-11-19-17-8-4-3-7-15(14)17/h3-4,7-8,11-13,16,19H,5-6,9-10H2,1-2H3,(H,20,21). The van der Waals surface area contributed by atoms with E-state index in [0.29, 0.717) is 24.3 Å². The molecular formula is C18H24N2O. The molecule has 3 heteroatoms. The second-order valence-corrected chi connectivity index (χ2v) is 6.48. The van der Waals surface area contributed by atoms with Crippen molar-refractivity contribution in [2.24, 2.45) is 11.8 Å². The normalized spacial score (nSPS) is 25.9. The van der Waals surface area contributed by atoms with Crippen molar-refractivity contribution in [3.63, 3.8) is 0 Å². The number of fused-ring (bicyclic) bond motifs is 1. The van der Waals surface area contributed by atoms with E-state index in [0.717, 1.165) is 22.9 Å². The van der Waals surface area contributed by atoms with Gasteiger partial charge < -0.3 is 10.3 Å². The Morgan fingerprint density at radius 3 is 2.95 bits per heavy atom. The molecule has 3 rings (SSSR count). The quantitative estimate of drug-likeness (QED) is 0.888. The van der Waals surface area contributed by atoms with E-state index in [-0.39, 0.29) is 5.91 Å². The number of H-pyrrole nitrogens is 1. The summed E-state index contributed by atoms with van der Waals surface area (Å²) in [5.41, 5.74) is 2.18. The molecule has 1 aromatic carbocycles. The first-order valence-electron chi connectivity index (χ1n) is 7.99. The summed E-state index contributed by atoms with van der Waals surface area (Å²) < 4.78 is 0. The second kappa shape index (κ2) is 5.92. The maximum absolute atomic E-state index is 12.3. The van der Waals surface area contributed by atoms with Crippen molar-refractivity contribution in [2.75, 3.05) is 0 Å². The molecule has 21 heavy (non-hydrogen) atoms. The van der Waals surface area contributed by atoms with Gasteiger partial charge in [0.15, 0.2) is 0 Å². The number of aromatic nitrogens is 1. The van der Waals surface area contributed by atoms with Crippen molar-refractivity contribution < 1.29 is 4.79 Å². The zero-order valence-corrected chi connectivity index (χ0v) is 12.9. The summed E-state index contributed by atoms with van der Waals surface area (Å²) in [6.45, 7) is 4.56. The maximum atomic E-state index is 12.3. The molecule has 1 heterocycles. The van der Waals surface area contributed by atoms with Gasteiger partial charge in [-0.3, -0.25) is 4.79 Å². The van der Waals surface area contributed by atoms with Gasteiger partial charge in [0, 0.05) is 23.1 Å². The summed E-state index contributed by atoms with van der Waals surface area (Å²) in [5, 5.41) is 4.40. The predicted molar refractivity (Wildman–Crippen MR) is 86.1 cm³/mol. The molecule has 3 atom stereocenters. The Morgan fingerprint density at radius 1 is 1.29 bits per heavy atom. The topological polar surface area (TPSA) is 44.9 Å². The van der Waals surface area contributed by atoms with Gasteiger partial charge in [-0.15, -0.1) is 0 Å². The van der Waals surface area contributed by atoms with Gasteiger partial charge in [0.2, 0.25) is 5.91 Å². The third-order valence-electron chi connectivity index (χ3n) is 5.08. The Hall–Kier alpha value is -1.77. The summed E-state index contributed by atoms with van der Waals surface area (Å²) in [4.78, 5) is 15.6. The van der Waals surface area contributed by atoms with Crippen LogP contribution in [-0.2, 0) is 11.2 Å². The minimum absolute atomic E-state index is 0.144. The molecule has 1 amide bonds. The largest absolute Gasteiger partial charge is 0.361 e. The number of hydrogen-bond donors (Lipinski definition) is 2. The lowest BCUT2D eigenvalue weighted by Crippen LogP contribution is -2.44. The van der Waals surface area contributed by atoms with E-state index in [4.69, 9.17) is 0 Å². The Labute approximate surface area is 126 Å². The number of carbonyl (C=O) groups is 1. The van der Waals surface area contributed by atoms with E-state index in [2.05, 4.69) is 30.2 Å². The fourth-order valence-electron chi connectivity index (χ4n) is 3.49. The number of nitrogens with one attached hydrogen (secondary N) is 2. The lowest BCUT2D eigenvalue weighted by Gasteiger charge is -2.34. The molecule has 1 aliphatic rings. The highest BCUT2D eigenvalue weighted by Crippen LogP contribution is 2.29. The van der Waals surface area contributed by atoms with Crippen LogP contribution < -0.4 is 5.32 Å². The molecular weight excluding hydrogens is 260 g/mol. The summed E-state index contributed by atoms with van der Waals surface area (Å²) in [6, 6.07) is 8.48. The number of carbonyl (C=O) groups excluding carboxylic acids is 1. The van der Waals surface area contributed by atoms with Crippen LogP contribution in [-0.4, -0.2) is 16.9 Å². The molecule has 0 spiro atoms. The molecule has 1 aliphatic carbocycles. The van der Waals surface area contributed by atoms with Crippen molar-refractivity contribution in [3.05, 3.63) is 36.0 Å². The van der Waals surface area contributed by atoms with Crippen molar-refractivity contribution >= 4 is 16.8 Å². The lowest BCUT2D eigenvalue weighted by molar-refractivity contribution is -0.121. The average molecular weight is 284 g/mol. The summed E-state index contributed by atoms with van der Waals surface area (Å²) in [5.74, 6) is 1.42. The van der Waals surface area contributed by atoms with Crippen molar-refractivity contribution in [1.82, 2.24) is 10.3 Å². The smallest absolute Gasteiger partial charge is 0.224 e. The minimum atomic E-state index is 0.144. The zero-order valence-electron chi connectivity index (χ0n) is 12.9. The SMILES string of the molecule is CC1CCCC(NC(=O)Cc2c[nH]c3ccccc23)C1C. The van der Waals surface area contributed by atoms with Crippen LogP contribution in [0.2, 0.25) is 0 Å². The van der Waals surface area contributed by atoms with E-state index < -0.39 is 0 Å². The monoisotopic (exact) mass is 284 g/mol. The van der Waals surface area contributed by atoms with E-state index in [9.17, 15) is 4.79 Å². The van der Waals surface area contributed by atoms with Crippen LogP contribution in [0.3, 0.4) is 0 Å². The summed E-state index contributed by atoms with van der Waals surface area (Å²) in [7, 11) is 0. The highest BCUT2D eigenvalue weighted by Gasteiger charge is 2.28. The molecule has 1 aromatic heterocycles. The van der Waals surface area contributed by atoms with Gasteiger partial charge in [0.05, 0.1) is 6.42 Å². The zero-order chi connectivity index (χ0) is 14.8. The Bertz CT molecular complexity index is 631. The molecule has 0 radical (unpaired) electrons. The lowest BCUT2D eigenvalue weighted by atomic mass is 9.78. The fourth-order valence-corrected chi connectivity index (χ4v) is 3.49. The number of rotatable bonds is 3. The highest BCUT2D eigenvalue weighted by molar-refractivity contribution is 5.88. The van der Waals surface area contributed by atoms with Gasteiger partial charge in [-0.05, 0) is 29.9 Å². The van der Waals surface area contributed by atoms with E-state index in [1.807, 2.05) is 24.4 Å². The number of benzene rings is 1. The van der Waals surface area contributed by atoms with Gasteiger partial charge in [0.25, 0.3) is 0 Å². The first-order chi connectivity index (χ1) is 10.1. The van der Waals surface area contributed by atoms with E-state index >= 15 is 0 Å². The van der Waals surface area contributed by atoms with Gasteiger partial charge >= 0.3 is 0 Å². The molecule has 1 fully saturated rings. The Morgan fingerprint density at radius 2 is 2.10 bits per heavy atom. The van der Waals surface area contributed by atoms with E-state index in [1.54, 1.807) is 0 Å². The number of aromatic amines is 1. The van der Waals surface area contributed by atoms with Crippen LogP contribution in [0.15, 0.2) is 30.5 Å². The van der Waals surface area contributed by atoms with Crippen LogP contribution in [0.1, 0.15) is 38.7 Å². The Kier molecular flexibility index (Phi) is 4.00. The van der Waals surface area contributed by atoms with Gasteiger partial charge in [0.1, 0.15) is 0 Å². The van der Waals surface area contributed by atoms with Crippen LogP contribution in [0.4, 0.5) is 0 Å². The molecule has 3 unspecified atom stereocenters. The van der Waals surface area contributed by atoms with Crippen molar-refractivity contribution in [1.29, 1.82) is 0 Å². The summed E-state index contributed by atoms with van der Waals surface area (Å²) >= 11 is 0. The first kappa shape index (κ1) is 14.2. The average Bonchev–Trinajstić information content (AvgIpc) is 2.87. The molecule has 2 N–H and O–H groups in total. The Balaban J connectivity index is 1.66. The van der Waals surface area contributed by atoms with Crippen molar-refractivity contribution in [2.45, 2.75) is 45.6 Å². The van der Waals surface area contributed by atoms with E-state index in [1.165, 1.54) is 12.8 Å². The summed E-state index contributed by atoms with van der Waals surface area (Å²) in [6.07, 6.45) is 6.05. The number of para-hydroxylation sites is 1. The first-order valence-corrected chi connectivity index (χ1v) is 7.99. The van der Waals surface area contributed by atoms with Crippen LogP contribution in [0.25, 0.3) is 10.9 Å².